The van der Waals surface area contributed by atoms with Crippen LogP contribution in [0.5, 0.6) is 0 Å². The third-order valence-corrected chi connectivity index (χ3v) is 4.84. The van der Waals surface area contributed by atoms with Crippen molar-refractivity contribution >= 4 is 17.2 Å². The molecule has 0 bridgehead atoms. The van der Waals surface area contributed by atoms with Crippen LogP contribution in [-0.2, 0) is 4.79 Å². The molecule has 1 aliphatic heterocycles. The second-order valence-corrected chi connectivity index (χ2v) is 6.58. The number of hydrogen-bond donors (Lipinski definition) is 1. The van der Waals surface area contributed by atoms with Gasteiger partial charge in [0.25, 0.3) is 0 Å². The fourth-order valence-electron chi connectivity index (χ4n) is 2.39. The summed E-state index contributed by atoms with van der Waals surface area (Å²) in [5, 5.41) is 7.68. The van der Waals surface area contributed by atoms with Crippen molar-refractivity contribution in [1.29, 1.82) is 0 Å². The molecule has 1 aromatic heterocycles. The predicted molar refractivity (Wildman–Crippen MR) is 80.0 cm³/mol. The molecule has 1 aromatic rings. The highest BCUT2D eigenvalue weighted by Gasteiger charge is 2.39. The lowest BCUT2D eigenvalue weighted by Crippen LogP contribution is -2.35. The topological polar surface area (TPSA) is 32.3 Å². The van der Waals surface area contributed by atoms with E-state index in [1.54, 1.807) is 11.3 Å². The van der Waals surface area contributed by atoms with Crippen LogP contribution in [0.4, 0.5) is 0 Å². The third kappa shape index (κ3) is 3.00. The molecule has 106 valence electrons. The minimum Gasteiger partial charge on any atom is -0.321 e. The fourth-order valence-corrected chi connectivity index (χ4v) is 3.07. The molecule has 3 atom stereocenters. The van der Waals surface area contributed by atoms with Crippen molar-refractivity contribution < 1.29 is 4.79 Å². The van der Waals surface area contributed by atoms with E-state index in [2.05, 4.69) is 49.8 Å². The highest BCUT2D eigenvalue weighted by molar-refractivity contribution is 7.07. The molecule has 4 heteroatoms. The lowest BCUT2D eigenvalue weighted by molar-refractivity contribution is -0.130. The highest BCUT2D eigenvalue weighted by atomic mass is 32.1. The summed E-state index contributed by atoms with van der Waals surface area (Å²) < 4.78 is 0. The van der Waals surface area contributed by atoms with Gasteiger partial charge < -0.3 is 4.90 Å². The van der Waals surface area contributed by atoms with E-state index in [-0.39, 0.29) is 18.1 Å². The van der Waals surface area contributed by atoms with Crippen LogP contribution in [0.15, 0.2) is 16.8 Å². The van der Waals surface area contributed by atoms with Gasteiger partial charge in [-0.05, 0) is 40.6 Å². The van der Waals surface area contributed by atoms with Gasteiger partial charge in [-0.25, -0.2) is 0 Å². The van der Waals surface area contributed by atoms with E-state index >= 15 is 0 Å². The minimum atomic E-state index is -0.0238. The zero-order valence-corrected chi connectivity index (χ0v) is 13.0. The van der Waals surface area contributed by atoms with Crippen molar-refractivity contribution in [2.45, 2.75) is 46.3 Å². The summed E-state index contributed by atoms with van der Waals surface area (Å²) in [6.45, 7) is 9.56. The van der Waals surface area contributed by atoms with E-state index in [4.69, 9.17) is 0 Å². The van der Waals surface area contributed by atoms with Gasteiger partial charge >= 0.3 is 0 Å². The second-order valence-electron chi connectivity index (χ2n) is 5.80. The van der Waals surface area contributed by atoms with Gasteiger partial charge in [0, 0.05) is 6.54 Å². The Labute approximate surface area is 120 Å². The lowest BCUT2D eigenvalue weighted by Gasteiger charge is -2.28. The van der Waals surface area contributed by atoms with E-state index in [1.807, 2.05) is 4.90 Å². The summed E-state index contributed by atoms with van der Waals surface area (Å²) in [6, 6.07) is 2.09. The van der Waals surface area contributed by atoms with Crippen molar-refractivity contribution in [2.24, 2.45) is 11.8 Å². The standard InChI is InChI=1S/C15H24N2OS/c1-5-13-15(18)17(8-11(4)10(2)3)14(16-13)12-6-7-19-9-12/h6-7,9-11,13-14,16H,5,8H2,1-4H3. The first-order chi connectivity index (χ1) is 9.04. The monoisotopic (exact) mass is 280 g/mol. The summed E-state index contributed by atoms with van der Waals surface area (Å²) in [7, 11) is 0. The quantitative estimate of drug-likeness (QED) is 0.898. The first-order valence-electron chi connectivity index (χ1n) is 7.13. The van der Waals surface area contributed by atoms with Gasteiger partial charge in [-0.3, -0.25) is 10.1 Å². The van der Waals surface area contributed by atoms with E-state index in [1.165, 1.54) is 5.56 Å². The summed E-state index contributed by atoms with van der Waals surface area (Å²) in [5.41, 5.74) is 1.21. The van der Waals surface area contributed by atoms with Gasteiger partial charge in [-0.15, -0.1) is 0 Å². The summed E-state index contributed by atoms with van der Waals surface area (Å²) in [5.74, 6) is 1.37. The number of carbonyl (C=O) groups excluding carboxylic acids is 1. The molecule has 0 aliphatic carbocycles. The van der Waals surface area contributed by atoms with Crippen molar-refractivity contribution in [3.8, 4) is 0 Å². The number of hydrogen-bond acceptors (Lipinski definition) is 3. The van der Waals surface area contributed by atoms with Gasteiger partial charge in [0.05, 0.1) is 6.04 Å². The predicted octanol–water partition coefficient (Wildman–Crippen LogP) is 3.25. The Kier molecular flexibility index (Phi) is 4.63. The molecular weight excluding hydrogens is 256 g/mol. The molecule has 2 rings (SSSR count). The van der Waals surface area contributed by atoms with Crippen LogP contribution >= 0.6 is 11.3 Å². The SMILES string of the molecule is CCC1NC(c2ccsc2)N(CC(C)C(C)C)C1=O. The maximum absolute atomic E-state index is 12.5. The molecule has 1 aliphatic rings. The second kappa shape index (κ2) is 6.06. The summed E-state index contributed by atoms with van der Waals surface area (Å²) in [4.78, 5) is 14.5. The van der Waals surface area contributed by atoms with Gasteiger partial charge in [-0.2, -0.15) is 11.3 Å². The Morgan fingerprint density at radius 3 is 2.68 bits per heavy atom. The Bertz CT molecular complexity index is 416. The van der Waals surface area contributed by atoms with Crippen molar-refractivity contribution in [3.05, 3.63) is 22.4 Å². The number of rotatable bonds is 5. The number of nitrogens with one attached hydrogen (secondary N) is 1. The number of nitrogens with zero attached hydrogens (tertiary/aromatic N) is 1. The average molecular weight is 280 g/mol. The van der Waals surface area contributed by atoms with Crippen LogP contribution in [0.25, 0.3) is 0 Å². The molecule has 1 saturated heterocycles. The molecule has 0 aromatic carbocycles. The molecule has 1 N–H and O–H groups in total. The molecular formula is C15H24N2OS. The van der Waals surface area contributed by atoms with Gasteiger partial charge in [0.15, 0.2) is 0 Å². The van der Waals surface area contributed by atoms with E-state index in [0.717, 1.165) is 13.0 Å². The highest BCUT2D eigenvalue weighted by Crippen LogP contribution is 2.29. The lowest BCUT2D eigenvalue weighted by atomic mass is 9.97. The normalized spacial score (nSPS) is 25.3. The molecule has 19 heavy (non-hydrogen) atoms. The van der Waals surface area contributed by atoms with E-state index in [9.17, 15) is 4.79 Å². The average Bonchev–Trinajstić information content (AvgIpc) is 2.99. The van der Waals surface area contributed by atoms with Gasteiger partial charge in [0.1, 0.15) is 6.17 Å². The van der Waals surface area contributed by atoms with Gasteiger partial charge in [-0.1, -0.05) is 27.7 Å². The number of carbonyl (C=O) groups is 1. The Morgan fingerprint density at radius 1 is 1.42 bits per heavy atom. The number of thiophene rings is 1. The van der Waals surface area contributed by atoms with Crippen LogP contribution < -0.4 is 5.32 Å². The summed E-state index contributed by atoms with van der Waals surface area (Å²) >= 11 is 1.69. The molecule has 2 heterocycles. The van der Waals surface area contributed by atoms with E-state index in [0.29, 0.717) is 11.8 Å². The van der Waals surface area contributed by atoms with E-state index < -0.39 is 0 Å². The van der Waals surface area contributed by atoms with Crippen molar-refractivity contribution in [3.63, 3.8) is 0 Å². The molecule has 3 unspecified atom stereocenters. The van der Waals surface area contributed by atoms with Crippen LogP contribution in [0, 0.1) is 11.8 Å². The van der Waals surface area contributed by atoms with Gasteiger partial charge in [0.2, 0.25) is 5.91 Å². The minimum absolute atomic E-state index is 0.0238. The molecule has 1 amide bonds. The molecule has 0 radical (unpaired) electrons. The first-order valence-corrected chi connectivity index (χ1v) is 8.07. The Morgan fingerprint density at radius 2 is 2.16 bits per heavy atom. The van der Waals surface area contributed by atoms with Crippen LogP contribution in [0.2, 0.25) is 0 Å². The first kappa shape index (κ1) is 14.5. The van der Waals surface area contributed by atoms with Crippen LogP contribution in [0.3, 0.4) is 0 Å². The molecule has 0 saturated carbocycles. The molecule has 0 spiro atoms. The smallest absolute Gasteiger partial charge is 0.241 e. The zero-order valence-electron chi connectivity index (χ0n) is 12.2. The molecule has 3 nitrogen and oxygen atoms in total. The molecule has 1 fully saturated rings. The van der Waals surface area contributed by atoms with Crippen molar-refractivity contribution in [1.82, 2.24) is 10.2 Å². The fraction of sp³-hybridized carbons (Fsp3) is 0.667. The number of amides is 1. The maximum Gasteiger partial charge on any atom is 0.241 e. The zero-order chi connectivity index (χ0) is 14.0. The largest absolute Gasteiger partial charge is 0.321 e. The Balaban J connectivity index is 2.18. The maximum atomic E-state index is 12.5. The third-order valence-electron chi connectivity index (χ3n) is 4.14. The van der Waals surface area contributed by atoms with Crippen LogP contribution in [-0.4, -0.2) is 23.4 Å². The Hall–Kier alpha value is -0.870. The van der Waals surface area contributed by atoms with Crippen LogP contribution in [0.1, 0.15) is 45.8 Å². The summed E-state index contributed by atoms with van der Waals surface area (Å²) in [6.07, 6.45) is 0.913. The van der Waals surface area contributed by atoms with Crippen molar-refractivity contribution in [2.75, 3.05) is 6.54 Å².